The minimum absolute atomic E-state index is 0.264. The van der Waals surface area contributed by atoms with Crippen LogP contribution in [0, 0.1) is 0 Å². The first-order chi connectivity index (χ1) is 8.69. The smallest absolute Gasteiger partial charge is 0.203 e. The van der Waals surface area contributed by atoms with Crippen molar-refractivity contribution in [1.82, 2.24) is 0 Å². The zero-order valence-corrected chi connectivity index (χ0v) is 11.4. The molecular weight excluding hydrogens is 234 g/mol. The van der Waals surface area contributed by atoms with Gasteiger partial charge in [0.1, 0.15) is 0 Å². The van der Waals surface area contributed by atoms with E-state index in [1.54, 1.807) is 21.3 Å². The van der Waals surface area contributed by atoms with Gasteiger partial charge in [-0.25, -0.2) is 0 Å². The van der Waals surface area contributed by atoms with Crippen LogP contribution in [-0.2, 0) is 4.74 Å². The Hall–Kier alpha value is -1.46. The van der Waals surface area contributed by atoms with Gasteiger partial charge in [-0.15, -0.1) is 0 Å². The first-order valence-electron chi connectivity index (χ1n) is 5.81. The van der Waals surface area contributed by atoms with Crippen LogP contribution < -0.4 is 19.9 Å². The number of hydrogen-bond donors (Lipinski definition) is 1. The normalized spacial score (nSPS) is 12.1. The highest BCUT2D eigenvalue weighted by atomic mass is 16.5. The van der Waals surface area contributed by atoms with Crippen LogP contribution in [0.4, 0.5) is 0 Å². The first kappa shape index (κ1) is 14.6. The summed E-state index contributed by atoms with van der Waals surface area (Å²) in [6.45, 7) is 2.99. The minimum Gasteiger partial charge on any atom is -0.493 e. The van der Waals surface area contributed by atoms with Gasteiger partial charge in [0.2, 0.25) is 5.75 Å². The fraction of sp³-hybridized carbons (Fsp3) is 0.538. The SMILES string of the molecule is CCOCC(N)c1ccc(OC)c(OC)c1OC. The van der Waals surface area contributed by atoms with Crippen molar-refractivity contribution >= 4 is 0 Å². The molecule has 0 bridgehead atoms. The van der Waals surface area contributed by atoms with Crippen LogP contribution in [0.2, 0.25) is 0 Å². The average Bonchev–Trinajstić information content (AvgIpc) is 2.42. The predicted molar refractivity (Wildman–Crippen MR) is 69.5 cm³/mol. The largest absolute Gasteiger partial charge is 0.493 e. The lowest BCUT2D eigenvalue weighted by molar-refractivity contribution is 0.132. The van der Waals surface area contributed by atoms with E-state index in [0.717, 1.165) is 5.56 Å². The van der Waals surface area contributed by atoms with Gasteiger partial charge in [0.25, 0.3) is 0 Å². The molecule has 102 valence electrons. The second-order valence-corrected chi connectivity index (χ2v) is 3.69. The van der Waals surface area contributed by atoms with Crippen LogP contribution >= 0.6 is 0 Å². The zero-order chi connectivity index (χ0) is 13.5. The van der Waals surface area contributed by atoms with Crippen LogP contribution in [0.1, 0.15) is 18.5 Å². The van der Waals surface area contributed by atoms with Crippen molar-refractivity contribution in [2.45, 2.75) is 13.0 Å². The van der Waals surface area contributed by atoms with E-state index in [4.69, 9.17) is 24.7 Å². The molecule has 1 atom stereocenters. The second-order valence-electron chi connectivity index (χ2n) is 3.69. The van der Waals surface area contributed by atoms with Crippen LogP contribution in [0.25, 0.3) is 0 Å². The highest BCUT2D eigenvalue weighted by Gasteiger charge is 2.19. The van der Waals surface area contributed by atoms with Crippen molar-refractivity contribution in [3.8, 4) is 17.2 Å². The van der Waals surface area contributed by atoms with Gasteiger partial charge in [0.05, 0.1) is 34.0 Å². The molecule has 0 aliphatic carbocycles. The van der Waals surface area contributed by atoms with Gasteiger partial charge in [-0.2, -0.15) is 0 Å². The Morgan fingerprint density at radius 2 is 1.72 bits per heavy atom. The Morgan fingerprint density at radius 3 is 2.22 bits per heavy atom. The summed E-state index contributed by atoms with van der Waals surface area (Å²) in [5, 5.41) is 0. The molecule has 0 spiro atoms. The Morgan fingerprint density at radius 1 is 1.06 bits per heavy atom. The maximum Gasteiger partial charge on any atom is 0.203 e. The summed E-state index contributed by atoms with van der Waals surface area (Å²) in [4.78, 5) is 0. The summed E-state index contributed by atoms with van der Waals surface area (Å²) in [5.41, 5.74) is 6.91. The molecule has 0 aliphatic rings. The fourth-order valence-corrected chi connectivity index (χ4v) is 1.75. The number of methoxy groups -OCH3 is 3. The Labute approximate surface area is 108 Å². The van der Waals surface area contributed by atoms with E-state index in [-0.39, 0.29) is 6.04 Å². The van der Waals surface area contributed by atoms with E-state index >= 15 is 0 Å². The maximum absolute atomic E-state index is 6.07. The van der Waals surface area contributed by atoms with Crippen LogP contribution in [0.3, 0.4) is 0 Å². The monoisotopic (exact) mass is 255 g/mol. The quantitative estimate of drug-likeness (QED) is 0.804. The summed E-state index contributed by atoms with van der Waals surface area (Å²) in [5.74, 6) is 1.75. The van der Waals surface area contributed by atoms with E-state index in [0.29, 0.717) is 30.5 Å². The zero-order valence-electron chi connectivity index (χ0n) is 11.4. The van der Waals surface area contributed by atoms with Crippen LogP contribution in [-0.4, -0.2) is 34.5 Å². The van der Waals surface area contributed by atoms with Crippen LogP contribution in [0.5, 0.6) is 17.2 Å². The molecule has 0 heterocycles. The van der Waals surface area contributed by atoms with Crippen molar-refractivity contribution in [2.24, 2.45) is 5.73 Å². The Bertz CT molecular complexity index is 381. The third-order valence-electron chi connectivity index (χ3n) is 2.64. The molecule has 0 aliphatic heterocycles. The van der Waals surface area contributed by atoms with Crippen molar-refractivity contribution in [2.75, 3.05) is 34.5 Å². The molecule has 18 heavy (non-hydrogen) atoms. The van der Waals surface area contributed by atoms with Gasteiger partial charge in [-0.1, -0.05) is 0 Å². The third-order valence-corrected chi connectivity index (χ3v) is 2.64. The van der Waals surface area contributed by atoms with Crippen LogP contribution in [0.15, 0.2) is 12.1 Å². The highest BCUT2D eigenvalue weighted by Crippen LogP contribution is 2.41. The summed E-state index contributed by atoms with van der Waals surface area (Å²) < 4.78 is 21.2. The number of hydrogen-bond acceptors (Lipinski definition) is 5. The van der Waals surface area contributed by atoms with Gasteiger partial charge in [-0.05, 0) is 19.1 Å². The molecule has 0 saturated heterocycles. The van der Waals surface area contributed by atoms with Gasteiger partial charge < -0.3 is 24.7 Å². The summed E-state index contributed by atoms with van der Waals surface area (Å²) in [6.07, 6.45) is 0. The Balaban J connectivity index is 3.11. The molecule has 5 nitrogen and oxygen atoms in total. The topological polar surface area (TPSA) is 62.9 Å². The molecule has 1 aromatic carbocycles. The second kappa shape index (κ2) is 7.08. The summed E-state index contributed by atoms with van der Waals surface area (Å²) in [7, 11) is 4.73. The summed E-state index contributed by atoms with van der Waals surface area (Å²) >= 11 is 0. The van der Waals surface area contributed by atoms with Gasteiger partial charge in [0, 0.05) is 12.2 Å². The molecule has 0 aromatic heterocycles. The number of ether oxygens (including phenoxy) is 4. The number of rotatable bonds is 7. The third kappa shape index (κ3) is 3.05. The molecule has 1 rings (SSSR count). The number of benzene rings is 1. The standard InChI is InChI=1S/C13H21NO4/c1-5-18-8-10(14)9-6-7-11(15-2)13(17-4)12(9)16-3/h6-7,10H,5,8,14H2,1-4H3. The fourth-order valence-electron chi connectivity index (χ4n) is 1.75. The molecule has 0 amide bonds. The van der Waals surface area contributed by atoms with Gasteiger partial charge in [-0.3, -0.25) is 0 Å². The molecule has 5 heteroatoms. The predicted octanol–water partition coefficient (Wildman–Crippen LogP) is 1.75. The van der Waals surface area contributed by atoms with E-state index in [1.165, 1.54) is 0 Å². The maximum atomic E-state index is 6.07. The van der Waals surface area contributed by atoms with Crippen molar-refractivity contribution in [1.29, 1.82) is 0 Å². The number of nitrogens with two attached hydrogens (primary N) is 1. The van der Waals surface area contributed by atoms with E-state index in [1.807, 2.05) is 19.1 Å². The molecule has 2 N–H and O–H groups in total. The molecule has 0 radical (unpaired) electrons. The van der Waals surface area contributed by atoms with Crippen molar-refractivity contribution < 1.29 is 18.9 Å². The first-order valence-corrected chi connectivity index (χ1v) is 5.81. The van der Waals surface area contributed by atoms with Gasteiger partial charge in [0.15, 0.2) is 11.5 Å². The minimum atomic E-state index is -0.264. The Kier molecular flexibility index (Phi) is 5.74. The lowest BCUT2D eigenvalue weighted by atomic mass is 10.1. The van der Waals surface area contributed by atoms with E-state index in [9.17, 15) is 0 Å². The van der Waals surface area contributed by atoms with Crippen molar-refractivity contribution in [3.05, 3.63) is 17.7 Å². The molecule has 1 unspecified atom stereocenters. The van der Waals surface area contributed by atoms with E-state index < -0.39 is 0 Å². The van der Waals surface area contributed by atoms with Gasteiger partial charge >= 0.3 is 0 Å². The lowest BCUT2D eigenvalue weighted by Crippen LogP contribution is -2.18. The summed E-state index contributed by atoms with van der Waals surface area (Å²) in [6, 6.07) is 3.41. The van der Waals surface area contributed by atoms with Crippen molar-refractivity contribution in [3.63, 3.8) is 0 Å². The molecule has 0 fully saturated rings. The molecule has 1 aromatic rings. The molecular formula is C13H21NO4. The molecule has 0 saturated carbocycles. The van der Waals surface area contributed by atoms with E-state index in [2.05, 4.69) is 0 Å². The lowest BCUT2D eigenvalue weighted by Gasteiger charge is -2.19. The average molecular weight is 255 g/mol. The highest BCUT2D eigenvalue weighted by molar-refractivity contribution is 5.56.